The van der Waals surface area contributed by atoms with Crippen LogP contribution in [0.3, 0.4) is 0 Å². The van der Waals surface area contributed by atoms with E-state index in [1.807, 2.05) is 12.1 Å². The zero-order chi connectivity index (χ0) is 13.2. The molecule has 2 aliphatic heterocycles. The lowest BCUT2D eigenvalue weighted by molar-refractivity contribution is -0.117. The number of benzene rings is 1. The third-order valence-corrected chi connectivity index (χ3v) is 4.42. The molecule has 0 radical (unpaired) electrons. The topological polar surface area (TPSA) is 41.1 Å². The molecule has 2 bridgehead atoms. The molecule has 4 heteroatoms. The van der Waals surface area contributed by atoms with E-state index in [4.69, 9.17) is 11.6 Å². The number of hydrogen-bond donors (Lipinski definition) is 2. The van der Waals surface area contributed by atoms with Gasteiger partial charge >= 0.3 is 0 Å². The van der Waals surface area contributed by atoms with E-state index in [1.54, 1.807) is 12.1 Å². The van der Waals surface area contributed by atoms with E-state index in [-0.39, 0.29) is 5.91 Å². The molecule has 2 fully saturated rings. The summed E-state index contributed by atoms with van der Waals surface area (Å²) in [4.78, 5) is 12.0. The molecule has 3 rings (SSSR count). The number of carbonyl (C=O) groups is 1. The molecule has 0 aliphatic carbocycles. The summed E-state index contributed by atoms with van der Waals surface area (Å²) in [6.45, 7) is 0. The number of amides is 1. The molecular weight excluding hydrogens is 260 g/mol. The van der Waals surface area contributed by atoms with Crippen molar-refractivity contribution >= 4 is 23.2 Å². The second-order valence-electron chi connectivity index (χ2n) is 5.73. The lowest BCUT2D eigenvalue weighted by Gasteiger charge is -2.28. The third kappa shape index (κ3) is 3.28. The van der Waals surface area contributed by atoms with Gasteiger partial charge in [0.05, 0.1) is 0 Å². The summed E-state index contributed by atoms with van der Waals surface area (Å²) in [7, 11) is 0. The first-order valence-electron chi connectivity index (χ1n) is 7.00. The molecule has 1 aromatic carbocycles. The standard InChI is InChI=1S/C15H19ClN2O/c16-11-1-3-12(4-2-11)18-15(19)9-10-7-13-5-6-14(8-10)17-13/h1-4,10,13-14,17H,5-9H2,(H,18,19). The lowest BCUT2D eigenvalue weighted by Crippen LogP contribution is -2.39. The Morgan fingerprint density at radius 2 is 1.84 bits per heavy atom. The Balaban J connectivity index is 1.52. The summed E-state index contributed by atoms with van der Waals surface area (Å²) >= 11 is 5.82. The van der Waals surface area contributed by atoms with Crippen molar-refractivity contribution in [3.05, 3.63) is 29.3 Å². The smallest absolute Gasteiger partial charge is 0.224 e. The highest BCUT2D eigenvalue weighted by molar-refractivity contribution is 6.30. The fourth-order valence-corrected chi connectivity index (χ4v) is 3.48. The van der Waals surface area contributed by atoms with Gasteiger partial charge in [-0.05, 0) is 55.9 Å². The quantitative estimate of drug-likeness (QED) is 0.891. The molecule has 2 heterocycles. The molecule has 2 unspecified atom stereocenters. The average molecular weight is 279 g/mol. The van der Waals surface area contributed by atoms with E-state index in [9.17, 15) is 4.79 Å². The molecule has 1 aromatic rings. The second kappa shape index (κ2) is 5.51. The van der Waals surface area contributed by atoms with Crippen LogP contribution in [0.25, 0.3) is 0 Å². The van der Waals surface area contributed by atoms with Gasteiger partial charge in [-0.2, -0.15) is 0 Å². The van der Waals surface area contributed by atoms with Crippen LogP contribution in [-0.2, 0) is 4.79 Å². The predicted octanol–water partition coefficient (Wildman–Crippen LogP) is 3.20. The van der Waals surface area contributed by atoms with E-state index >= 15 is 0 Å². The summed E-state index contributed by atoms with van der Waals surface area (Å²) in [6, 6.07) is 8.56. The molecule has 0 aromatic heterocycles. The summed E-state index contributed by atoms with van der Waals surface area (Å²) < 4.78 is 0. The van der Waals surface area contributed by atoms with E-state index in [0.29, 0.717) is 29.4 Å². The van der Waals surface area contributed by atoms with Gasteiger partial charge in [0, 0.05) is 29.2 Å². The maximum atomic E-state index is 12.0. The van der Waals surface area contributed by atoms with Crippen molar-refractivity contribution in [2.75, 3.05) is 5.32 Å². The largest absolute Gasteiger partial charge is 0.326 e. The van der Waals surface area contributed by atoms with Gasteiger partial charge in [0.1, 0.15) is 0 Å². The van der Waals surface area contributed by atoms with Crippen molar-refractivity contribution in [1.29, 1.82) is 0 Å². The van der Waals surface area contributed by atoms with E-state index in [1.165, 1.54) is 12.8 Å². The zero-order valence-electron chi connectivity index (χ0n) is 10.9. The van der Waals surface area contributed by atoms with Gasteiger partial charge in [-0.25, -0.2) is 0 Å². The second-order valence-corrected chi connectivity index (χ2v) is 6.17. The van der Waals surface area contributed by atoms with Crippen LogP contribution in [0, 0.1) is 5.92 Å². The van der Waals surface area contributed by atoms with Crippen molar-refractivity contribution in [2.45, 2.75) is 44.2 Å². The first kappa shape index (κ1) is 12.9. The van der Waals surface area contributed by atoms with Crippen molar-refractivity contribution in [3.63, 3.8) is 0 Å². The molecule has 2 saturated heterocycles. The maximum absolute atomic E-state index is 12.0. The van der Waals surface area contributed by atoms with E-state index in [2.05, 4.69) is 10.6 Å². The van der Waals surface area contributed by atoms with Crippen LogP contribution in [0.2, 0.25) is 5.02 Å². The maximum Gasteiger partial charge on any atom is 0.224 e. The van der Waals surface area contributed by atoms with Gasteiger partial charge in [0.2, 0.25) is 5.91 Å². The number of fused-ring (bicyclic) bond motifs is 2. The Kier molecular flexibility index (Phi) is 3.76. The van der Waals surface area contributed by atoms with Crippen LogP contribution in [0.5, 0.6) is 0 Å². The van der Waals surface area contributed by atoms with Crippen molar-refractivity contribution < 1.29 is 4.79 Å². The average Bonchev–Trinajstić information content (AvgIpc) is 2.72. The minimum absolute atomic E-state index is 0.119. The Morgan fingerprint density at radius 1 is 1.21 bits per heavy atom. The number of halogens is 1. The molecule has 2 aliphatic rings. The fraction of sp³-hybridized carbons (Fsp3) is 0.533. The highest BCUT2D eigenvalue weighted by Gasteiger charge is 2.34. The van der Waals surface area contributed by atoms with E-state index in [0.717, 1.165) is 18.5 Å². The molecular formula is C15H19ClN2O. The van der Waals surface area contributed by atoms with Crippen molar-refractivity contribution in [1.82, 2.24) is 5.32 Å². The number of carbonyl (C=O) groups excluding carboxylic acids is 1. The number of hydrogen-bond acceptors (Lipinski definition) is 2. The first-order chi connectivity index (χ1) is 9.19. The number of nitrogens with one attached hydrogen (secondary N) is 2. The van der Waals surface area contributed by atoms with E-state index < -0.39 is 0 Å². The molecule has 0 spiro atoms. The zero-order valence-corrected chi connectivity index (χ0v) is 11.6. The molecule has 2 atom stereocenters. The van der Waals surface area contributed by atoms with Crippen molar-refractivity contribution in [2.24, 2.45) is 5.92 Å². The van der Waals surface area contributed by atoms with Crippen LogP contribution >= 0.6 is 11.6 Å². The van der Waals surface area contributed by atoms with Gasteiger partial charge in [-0.3, -0.25) is 4.79 Å². The highest BCUT2D eigenvalue weighted by Crippen LogP contribution is 2.32. The lowest BCUT2D eigenvalue weighted by atomic mass is 9.89. The number of piperidine rings is 1. The minimum Gasteiger partial charge on any atom is -0.326 e. The fourth-order valence-electron chi connectivity index (χ4n) is 3.35. The molecule has 1 amide bonds. The minimum atomic E-state index is 0.119. The van der Waals surface area contributed by atoms with Crippen LogP contribution in [0.4, 0.5) is 5.69 Å². The summed E-state index contributed by atoms with van der Waals surface area (Å²) in [5.41, 5.74) is 0.825. The SMILES string of the molecule is O=C(CC1CC2CCC(C1)N2)Nc1ccc(Cl)cc1. The van der Waals surface area contributed by atoms with Crippen LogP contribution in [0.15, 0.2) is 24.3 Å². The van der Waals surface area contributed by atoms with Crippen LogP contribution < -0.4 is 10.6 Å². The Bertz CT molecular complexity index is 448. The Morgan fingerprint density at radius 3 is 2.47 bits per heavy atom. The normalized spacial score (nSPS) is 29.2. The summed E-state index contributed by atoms with van der Waals surface area (Å²) in [5, 5.41) is 7.24. The number of anilines is 1. The number of rotatable bonds is 3. The molecule has 3 nitrogen and oxygen atoms in total. The molecule has 2 N–H and O–H groups in total. The van der Waals surface area contributed by atoms with Crippen molar-refractivity contribution in [3.8, 4) is 0 Å². The van der Waals surface area contributed by atoms with Gasteiger partial charge < -0.3 is 10.6 Å². The first-order valence-corrected chi connectivity index (χ1v) is 7.38. The van der Waals surface area contributed by atoms with Gasteiger partial charge in [0.15, 0.2) is 0 Å². The Labute approximate surface area is 118 Å². The van der Waals surface area contributed by atoms with Gasteiger partial charge in [0.25, 0.3) is 0 Å². The molecule has 0 saturated carbocycles. The predicted molar refractivity (Wildman–Crippen MR) is 77.4 cm³/mol. The van der Waals surface area contributed by atoms with Gasteiger partial charge in [-0.15, -0.1) is 0 Å². The molecule has 102 valence electrons. The summed E-state index contributed by atoms with van der Waals surface area (Å²) in [6.07, 6.45) is 5.48. The highest BCUT2D eigenvalue weighted by atomic mass is 35.5. The Hall–Kier alpha value is -1.06. The molecule has 19 heavy (non-hydrogen) atoms. The monoisotopic (exact) mass is 278 g/mol. The summed E-state index contributed by atoms with van der Waals surface area (Å²) in [5.74, 6) is 0.652. The third-order valence-electron chi connectivity index (χ3n) is 4.17. The van der Waals surface area contributed by atoms with Crippen LogP contribution in [0.1, 0.15) is 32.1 Å². The van der Waals surface area contributed by atoms with Gasteiger partial charge in [-0.1, -0.05) is 11.6 Å². The van der Waals surface area contributed by atoms with Crippen LogP contribution in [-0.4, -0.2) is 18.0 Å².